The summed E-state index contributed by atoms with van der Waals surface area (Å²) in [6.45, 7) is 2.46. The summed E-state index contributed by atoms with van der Waals surface area (Å²) in [5.41, 5.74) is 3.09. The van der Waals surface area contributed by atoms with Gasteiger partial charge < -0.3 is 10.0 Å². The molecule has 9 heteroatoms. The minimum atomic E-state index is -4.48. The van der Waals surface area contributed by atoms with Crippen LogP contribution in [-0.4, -0.2) is 42.0 Å². The van der Waals surface area contributed by atoms with Gasteiger partial charge in [0, 0.05) is 43.7 Å². The summed E-state index contributed by atoms with van der Waals surface area (Å²) in [6, 6.07) is 22.8. The number of rotatable bonds is 8. The molecule has 1 heterocycles. The van der Waals surface area contributed by atoms with Crippen molar-refractivity contribution in [2.24, 2.45) is 5.92 Å². The molecule has 4 nitrogen and oxygen atoms in total. The molecule has 1 N–H and O–H groups in total. The van der Waals surface area contributed by atoms with E-state index in [0.29, 0.717) is 70.8 Å². The Hall–Kier alpha value is -3.52. The number of anilines is 1. The molecule has 2 aliphatic rings. The minimum absolute atomic E-state index is 0.0312. The Kier molecular flexibility index (Phi) is 9.64. The molecule has 240 valence electrons. The number of ketones is 1. The van der Waals surface area contributed by atoms with Crippen LogP contribution in [-0.2, 0) is 6.18 Å². The van der Waals surface area contributed by atoms with Crippen LogP contribution < -0.4 is 4.90 Å². The summed E-state index contributed by atoms with van der Waals surface area (Å²) in [4.78, 5) is 17.8. The van der Waals surface area contributed by atoms with Gasteiger partial charge in [0.2, 0.25) is 0 Å². The van der Waals surface area contributed by atoms with Gasteiger partial charge in [-0.05, 0) is 65.1 Å². The second-order valence-electron chi connectivity index (χ2n) is 12.3. The molecule has 1 unspecified atom stereocenters. The SMILES string of the molecule is O=C(CC1CCCC1)c1cccc(C(c2cc(-c3cccc(C(F)(F)F)c3)ccc2O)N2CCN(c3cccc(Cl)c3Cl)CC2)c1. The first-order valence-corrected chi connectivity index (χ1v) is 16.4. The third kappa shape index (κ3) is 7.07. The molecule has 0 spiro atoms. The maximum absolute atomic E-state index is 13.6. The van der Waals surface area contributed by atoms with Crippen molar-refractivity contribution in [1.82, 2.24) is 4.90 Å². The average Bonchev–Trinajstić information content (AvgIpc) is 3.57. The summed E-state index contributed by atoms with van der Waals surface area (Å²) in [7, 11) is 0. The molecule has 0 bridgehead atoms. The summed E-state index contributed by atoms with van der Waals surface area (Å²) >= 11 is 12.8. The van der Waals surface area contributed by atoms with Gasteiger partial charge >= 0.3 is 6.18 Å². The Morgan fingerprint density at radius 3 is 2.28 bits per heavy atom. The lowest BCUT2D eigenvalue weighted by Crippen LogP contribution is -2.48. The molecule has 1 saturated heterocycles. The molecule has 4 aromatic rings. The summed E-state index contributed by atoms with van der Waals surface area (Å²) in [5.74, 6) is 0.546. The number of phenols is 1. The van der Waals surface area contributed by atoms with Gasteiger partial charge in [-0.15, -0.1) is 0 Å². The predicted molar refractivity (Wildman–Crippen MR) is 178 cm³/mol. The zero-order valence-electron chi connectivity index (χ0n) is 25.2. The first-order valence-electron chi connectivity index (χ1n) is 15.6. The van der Waals surface area contributed by atoms with Gasteiger partial charge in [-0.1, -0.05) is 91.3 Å². The summed E-state index contributed by atoms with van der Waals surface area (Å²) in [6.07, 6.45) is 0.511. The van der Waals surface area contributed by atoms with Crippen molar-refractivity contribution in [2.75, 3.05) is 31.1 Å². The molecular weight excluding hydrogens is 632 g/mol. The summed E-state index contributed by atoms with van der Waals surface area (Å²) in [5, 5.41) is 12.3. The predicted octanol–water partition coefficient (Wildman–Crippen LogP) is 10.1. The number of hydrogen-bond donors (Lipinski definition) is 1. The van der Waals surface area contributed by atoms with Crippen LogP contribution in [0.25, 0.3) is 11.1 Å². The fourth-order valence-corrected chi connectivity index (χ4v) is 7.26. The zero-order valence-corrected chi connectivity index (χ0v) is 26.8. The Morgan fingerprint density at radius 1 is 0.848 bits per heavy atom. The topological polar surface area (TPSA) is 43.8 Å². The highest BCUT2D eigenvalue weighted by atomic mass is 35.5. The monoisotopic (exact) mass is 666 g/mol. The Labute approximate surface area is 277 Å². The second-order valence-corrected chi connectivity index (χ2v) is 13.0. The number of halogens is 5. The lowest BCUT2D eigenvalue weighted by Gasteiger charge is -2.41. The van der Waals surface area contributed by atoms with Crippen molar-refractivity contribution in [1.29, 1.82) is 0 Å². The second kappa shape index (κ2) is 13.7. The van der Waals surface area contributed by atoms with Gasteiger partial charge in [-0.2, -0.15) is 13.2 Å². The quantitative estimate of drug-likeness (QED) is 0.190. The maximum atomic E-state index is 13.6. The molecule has 6 rings (SSSR count). The van der Waals surface area contributed by atoms with E-state index in [1.807, 2.05) is 36.4 Å². The van der Waals surface area contributed by atoms with E-state index in [4.69, 9.17) is 23.2 Å². The van der Waals surface area contributed by atoms with Gasteiger partial charge in [0.25, 0.3) is 0 Å². The normalized spacial score (nSPS) is 16.9. The van der Waals surface area contributed by atoms with E-state index in [1.165, 1.54) is 12.1 Å². The number of piperazine rings is 1. The number of carbonyl (C=O) groups is 1. The highest BCUT2D eigenvalue weighted by Crippen LogP contribution is 2.40. The number of hydrogen-bond acceptors (Lipinski definition) is 4. The minimum Gasteiger partial charge on any atom is -0.508 e. The largest absolute Gasteiger partial charge is 0.508 e. The molecule has 4 aromatic carbocycles. The van der Waals surface area contributed by atoms with Gasteiger partial charge in [-0.3, -0.25) is 9.69 Å². The molecule has 46 heavy (non-hydrogen) atoms. The lowest BCUT2D eigenvalue weighted by atomic mass is 9.90. The van der Waals surface area contributed by atoms with Gasteiger partial charge in [0.15, 0.2) is 5.78 Å². The first kappa shape index (κ1) is 32.4. The van der Waals surface area contributed by atoms with Crippen molar-refractivity contribution in [2.45, 2.75) is 44.3 Å². The molecule has 2 fully saturated rings. The highest BCUT2D eigenvalue weighted by Gasteiger charge is 2.32. The molecule has 1 aliphatic heterocycles. The van der Waals surface area contributed by atoms with E-state index in [1.54, 1.807) is 24.3 Å². The first-order chi connectivity index (χ1) is 22.1. The number of Topliss-reactive ketones (excluding diaryl/α,β-unsaturated/α-hetero) is 1. The van der Waals surface area contributed by atoms with Crippen LogP contribution in [0.3, 0.4) is 0 Å². The van der Waals surface area contributed by atoms with Gasteiger partial charge in [0.1, 0.15) is 5.75 Å². The Bertz CT molecular complexity index is 1710. The number of benzene rings is 4. The fraction of sp³-hybridized carbons (Fsp3) is 0.324. The van der Waals surface area contributed by atoms with Crippen molar-refractivity contribution in [3.63, 3.8) is 0 Å². The van der Waals surface area contributed by atoms with E-state index >= 15 is 0 Å². The van der Waals surface area contributed by atoms with E-state index in [0.717, 1.165) is 49.1 Å². The van der Waals surface area contributed by atoms with Crippen LogP contribution in [0, 0.1) is 5.92 Å². The van der Waals surface area contributed by atoms with Crippen molar-refractivity contribution >= 4 is 34.7 Å². The smallest absolute Gasteiger partial charge is 0.416 e. The number of carbonyl (C=O) groups excluding carboxylic acids is 1. The van der Waals surface area contributed by atoms with E-state index in [2.05, 4.69) is 9.80 Å². The number of nitrogens with zero attached hydrogens (tertiary/aromatic N) is 2. The van der Waals surface area contributed by atoms with E-state index in [9.17, 15) is 23.1 Å². The third-order valence-corrected chi connectivity index (χ3v) is 10.1. The molecular formula is C37H35Cl2F3N2O2. The van der Waals surface area contributed by atoms with Crippen molar-refractivity contribution < 1.29 is 23.1 Å². The maximum Gasteiger partial charge on any atom is 0.416 e. The molecule has 0 aromatic heterocycles. The number of aromatic hydroxyl groups is 1. The Morgan fingerprint density at radius 2 is 1.54 bits per heavy atom. The van der Waals surface area contributed by atoms with Crippen LogP contribution in [0.2, 0.25) is 10.0 Å². The van der Waals surface area contributed by atoms with Crippen LogP contribution in [0.15, 0.2) is 84.9 Å². The van der Waals surface area contributed by atoms with Crippen LogP contribution in [0.1, 0.15) is 65.2 Å². The lowest BCUT2D eigenvalue weighted by molar-refractivity contribution is -0.137. The summed E-state index contributed by atoms with van der Waals surface area (Å²) < 4.78 is 40.7. The van der Waals surface area contributed by atoms with Gasteiger partial charge in [0.05, 0.1) is 27.3 Å². The molecule has 1 saturated carbocycles. The van der Waals surface area contributed by atoms with Crippen LogP contribution in [0.5, 0.6) is 5.75 Å². The highest BCUT2D eigenvalue weighted by molar-refractivity contribution is 6.43. The fourth-order valence-electron chi connectivity index (χ4n) is 6.85. The van der Waals surface area contributed by atoms with Crippen LogP contribution in [0.4, 0.5) is 18.9 Å². The molecule has 1 aliphatic carbocycles. The van der Waals surface area contributed by atoms with Crippen molar-refractivity contribution in [3.05, 3.63) is 117 Å². The van der Waals surface area contributed by atoms with E-state index < -0.39 is 17.8 Å². The third-order valence-electron chi connectivity index (χ3n) is 9.27. The molecule has 0 amide bonds. The Balaban J connectivity index is 1.36. The van der Waals surface area contributed by atoms with Crippen molar-refractivity contribution in [3.8, 4) is 16.9 Å². The number of alkyl halides is 3. The van der Waals surface area contributed by atoms with Crippen LogP contribution >= 0.6 is 23.2 Å². The molecule has 1 atom stereocenters. The number of phenolic OH excluding ortho intramolecular Hbond substituents is 1. The molecule has 0 radical (unpaired) electrons. The standard InChI is InChI=1S/C37H35Cl2F3N2O2/c38-31-12-5-13-32(35(31)39)43-16-18-44(19-17-43)36(28-10-3-9-27(21-28)34(46)20-24-6-1-2-7-24)30-23-26(14-15-33(30)45)25-8-4-11-29(22-25)37(40,41)42/h3-5,8-15,21-24,36,45H,1-2,6-7,16-20H2. The zero-order chi connectivity index (χ0) is 32.4. The average molecular weight is 668 g/mol. The van der Waals surface area contributed by atoms with E-state index in [-0.39, 0.29) is 11.5 Å². The van der Waals surface area contributed by atoms with Gasteiger partial charge in [-0.25, -0.2) is 0 Å².